The number of ether oxygens (including phenoxy) is 1. The lowest BCUT2D eigenvalue weighted by Crippen LogP contribution is -1.97. The third-order valence-corrected chi connectivity index (χ3v) is 1.70. The lowest BCUT2D eigenvalue weighted by atomic mass is 10.3. The van der Waals surface area contributed by atoms with Gasteiger partial charge in [-0.3, -0.25) is 10.1 Å². The first-order valence-electron chi connectivity index (χ1n) is 4.46. The van der Waals surface area contributed by atoms with Crippen molar-refractivity contribution in [1.29, 1.82) is 0 Å². The normalized spacial score (nSPS) is 10.5. The fourth-order valence-electron chi connectivity index (χ4n) is 0.973. The van der Waals surface area contributed by atoms with Crippen LogP contribution < -0.4 is 10.5 Å². The van der Waals surface area contributed by atoms with E-state index < -0.39 is 4.92 Å². The molecule has 1 aromatic carbocycles. The molecule has 5 heteroatoms. The van der Waals surface area contributed by atoms with Crippen LogP contribution in [0.15, 0.2) is 36.4 Å². The number of nitro groups is 1. The number of nitrogens with zero attached hydrogens (tertiary/aromatic N) is 1. The summed E-state index contributed by atoms with van der Waals surface area (Å²) >= 11 is 0. The van der Waals surface area contributed by atoms with Crippen molar-refractivity contribution in [3.05, 3.63) is 46.5 Å². The molecule has 0 amide bonds. The Labute approximate surface area is 87.3 Å². The minimum absolute atomic E-state index is 0.0554. The molecule has 0 radical (unpaired) electrons. The number of nitro benzene ring substituents is 1. The van der Waals surface area contributed by atoms with E-state index in [4.69, 9.17) is 10.5 Å². The van der Waals surface area contributed by atoms with Gasteiger partial charge in [0.05, 0.1) is 4.92 Å². The first-order chi connectivity index (χ1) is 7.24. The Balaban J connectivity index is 2.50. The summed E-state index contributed by atoms with van der Waals surface area (Å²) in [6.07, 6.45) is 3.58. The van der Waals surface area contributed by atoms with Gasteiger partial charge in [-0.05, 0) is 12.1 Å². The smallest absolute Gasteiger partial charge is 0.269 e. The first-order valence-corrected chi connectivity index (χ1v) is 4.46. The van der Waals surface area contributed by atoms with E-state index >= 15 is 0 Å². The third kappa shape index (κ3) is 3.78. The highest BCUT2D eigenvalue weighted by molar-refractivity contribution is 5.36. The van der Waals surface area contributed by atoms with Gasteiger partial charge in [0.2, 0.25) is 0 Å². The Kier molecular flexibility index (Phi) is 4.30. The Morgan fingerprint density at radius 3 is 2.53 bits per heavy atom. The van der Waals surface area contributed by atoms with E-state index in [2.05, 4.69) is 0 Å². The zero-order valence-electron chi connectivity index (χ0n) is 8.13. The first kappa shape index (κ1) is 11.2. The highest BCUT2D eigenvalue weighted by Crippen LogP contribution is 2.16. The van der Waals surface area contributed by atoms with E-state index in [1.165, 1.54) is 12.1 Å². The number of hydrogen-bond donors (Lipinski definition) is 1. The van der Waals surface area contributed by atoms with Gasteiger partial charge in [-0.15, -0.1) is 0 Å². The van der Waals surface area contributed by atoms with Crippen molar-refractivity contribution >= 4 is 5.69 Å². The molecule has 0 saturated heterocycles. The molecule has 0 fully saturated rings. The molecule has 15 heavy (non-hydrogen) atoms. The molecule has 5 nitrogen and oxygen atoms in total. The molecule has 0 atom stereocenters. The van der Waals surface area contributed by atoms with Crippen LogP contribution in [-0.4, -0.2) is 18.1 Å². The topological polar surface area (TPSA) is 78.4 Å². The molecule has 0 aliphatic heterocycles. The summed E-state index contributed by atoms with van der Waals surface area (Å²) < 4.78 is 5.28. The molecule has 80 valence electrons. The maximum atomic E-state index is 10.4. The molecule has 0 unspecified atom stereocenters. The zero-order chi connectivity index (χ0) is 11.1. The fourth-order valence-corrected chi connectivity index (χ4v) is 0.973. The summed E-state index contributed by atoms with van der Waals surface area (Å²) in [7, 11) is 0. The van der Waals surface area contributed by atoms with Gasteiger partial charge in [0, 0.05) is 18.7 Å². The summed E-state index contributed by atoms with van der Waals surface area (Å²) in [6, 6.07) is 5.94. The second-order valence-corrected chi connectivity index (χ2v) is 2.77. The van der Waals surface area contributed by atoms with Gasteiger partial charge in [-0.1, -0.05) is 12.2 Å². The van der Waals surface area contributed by atoms with Gasteiger partial charge >= 0.3 is 0 Å². The molecular formula is C10H12N2O3. The second kappa shape index (κ2) is 5.77. The van der Waals surface area contributed by atoms with Crippen molar-refractivity contribution in [3.63, 3.8) is 0 Å². The van der Waals surface area contributed by atoms with Crippen LogP contribution >= 0.6 is 0 Å². The molecule has 1 aromatic rings. The average molecular weight is 208 g/mol. The second-order valence-electron chi connectivity index (χ2n) is 2.77. The largest absolute Gasteiger partial charge is 0.490 e. The lowest BCUT2D eigenvalue weighted by molar-refractivity contribution is -0.384. The molecule has 0 heterocycles. The molecule has 0 bridgehead atoms. The van der Waals surface area contributed by atoms with Gasteiger partial charge in [0.1, 0.15) is 12.4 Å². The van der Waals surface area contributed by atoms with E-state index in [9.17, 15) is 10.1 Å². The minimum atomic E-state index is -0.446. The predicted octanol–water partition coefficient (Wildman–Crippen LogP) is 1.49. The highest BCUT2D eigenvalue weighted by Gasteiger charge is 2.03. The lowest BCUT2D eigenvalue weighted by Gasteiger charge is -2.01. The van der Waals surface area contributed by atoms with Crippen molar-refractivity contribution in [2.75, 3.05) is 13.2 Å². The van der Waals surface area contributed by atoms with Crippen molar-refractivity contribution < 1.29 is 9.66 Å². The third-order valence-electron chi connectivity index (χ3n) is 1.70. The van der Waals surface area contributed by atoms with Crippen LogP contribution in [-0.2, 0) is 0 Å². The van der Waals surface area contributed by atoms with Crippen LogP contribution in [0.1, 0.15) is 0 Å². The molecule has 0 aliphatic rings. The molecule has 0 aromatic heterocycles. The highest BCUT2D eigenvalue weighted by atomic mass is 16.6. The maximum Gasteiger partial charge on any atom is 0.269 e. The van der Waals surface area contributed by atoms with Crippen LogP contribution in [0.4, 0.5) is 5.69 Å². The molecule has 0 saturated carbocycles. The Hall–Kier alpha value is -1.88. The van der Waals surface area contributed by atoms with Gasteiger partial charge in [0.25, 0.3) is 5.69 Å². The SMILES string of the molecule is NCC=CCOc1ccc([N+](=O)[O-])cc1. The van der Waals surface area contributed by atoms with Gasteiger partial charge < -0.3 is 10.5 Å². The minimum Gasteiger partial charge on any atom is -0.490 e. The van der Waals surface area contributed by atoms with Crippen LogP contribution in [0, 0.1) is 10.1 Å². The van der Waals surface area contributed by atoms with Crippen molar-refractivity contribution in [1.82, 2.24) is 0 Å². The van der Waals surface area contributed by atoms with E-state index in [0.29, 0.717) is 18.9 Å². The summed E-state index contributed by atoms with van der Waals surface area (Å²) in [5.41, 5.74) is 5.30. The van der Waals surface area contributed by atoms with E-state index in [-0.39, 0.29) is 5.69 Å². The van der Waals surface area contributed by atoms with E-state index in [0.717, 1.165) is 0 Å². The Morgan fingerprint density at radius 2 is 2.00 bits per heavy atom. The summed E-state index contributed by atoms with van der Waals surface area (Å²) in [6.45, 7) is 0.888. The summed E-state index contributed by atoms with van der Waals surface area (Å²) in [4.78, 5) is 9.90. The number of rotatable bonds is 5. The quantitative estimate of drug-likeness (QED) is 0.451. The average Bonchev–Trinajstić information content (AvgIpc) is 2.25. The van der Waals surface area contributed by atoms with E-state index in [1.807, 2.05) is 0 Å². The maximum absolute atomic E-state index is 10.4. The zero-order valence-corrected chi connectivity index (χ0v) is 8.13. The van der Waals surface area contributed by atoms with Crippen LogP contribution in [0.25, 0.3) is 0 Å². The van der Waals surface area contributed by atoms with Crippen molar-refractivity contribution in [3.8, 4) is 5.75 Å². The molecule has 1 rings (SSSR count). The number of nitrogens with two attached hydrogens (primary N) is 1. The van der Waals surface area contributed by atoms with Crippen LogP contribution in [0.2, 0.25) is 0 Å². The monoisotopic (exact) mass is 208 g/mol. The molecule has 0 aliphatic carbocycles. The fraction of sp³-hybridized carbons (Fsp3) is 0.200. The van der Waals surface area contributed by atoms with Crippen LogP contribution in [0.5, 0.6) is 5.75 Å². The van der Waals surface area contributed by atoms with Gasteiger partial charge in [-0.25, -0.2) is 0 Å². The standard InChI is InChI=1S/C10H12N2O3/c11-7-1-2-8-15-10-5-3-9(4-6-10)12(13)14/h1-6H,7-8,11H2. The molecule has 2 N–H and O–H groups in total. The Morgan fingerprint density at radius 1 is 1.33 bits per heavy atom. The number of benzene rings is 1. The van der Waals surface area contributed by atoms with Crippen molar-refractivity contribution in [2.24, 2.45) is 5.73 Å². The summed E-state index contributed by atoms with van der Waals surface area (Å²) in [5.74, 6) is 0.599. The van der Waals surface area contributed by atoms with Crippen molar-refractivity contribution in [2.45, 2.75) is 0 Å². The predicted molar refractivity (Wildman–Crippen MR) is 56.8 cm³/mol. The molecular weight excluding hydrogens is 196 g/mol. The number of hydrogen-bond acceptors (Lipinski definition) is 4. The summed E-state index contributed by atoms with van der Waals surface area (Å²) in [5, 5.41) is 10.4. The van der Waals surface area contributed by atoms with Gasteiger partial charge in [0.15, 0.2) is 0 Å². The number of non-ortho nitro benzene ring substituents is 1. The Bertz CT molecular complexity index is 346. The molecule has 0 spiro atoms. The van der Waals surface area contributed by atoms with Crippen LogP contribution in [0.3, 0.4) is 0 Å². The van der Waals surface area contributed by atoms with E-state index in [1.54, 1.807) is 24.3 Å². The van der Waals surface area contributed by atoms with Gasteiger partial charge in [-0.2, -0.15) is 0 Å².